The molecule has 0 saturated carbocycles. The summed E-state index contributed by atoms with van der Waals surface area (Å²) >= 11 is 0. The van der Waals surface area contributed by atoms with Crippen LogP contribution in [0.3, 0.4) is 0 Å². The minimum atomic E-state index is -0.813. The Morgan fingerprint density at radius 2 is 1.13 bits per heavy atom. The van der Waals surface area contributed by atoms with Gasteiger partial charge < -0.3 is 14.2 Å². The highest BCUT2D eigenvalue weighted by atomic mass is 16.5. The number of ether oxygens (including phenoxy) is 3. The van der Waals surface area contributed by atoms with E-state index >= 15 is 0 Å². The molecular formula is C33H64O5. The van der Waals surface area contributed by atoms with Gasteiger partial charge in [-0.05, 0) is 44.9 Å². The highest BCUT2D eigenvalue weighted by Gasteiger charge is 2.36. The maximum Gasteiger partial charge on any atom is 0.316 e. The molecule has 0 N–H and O–H groups in total. The molecule has 5 nitrogen and oxygen atoms in total. The fourth-order valence-corrected chi connectivity index (χ4v) is 4.69. The smallest absolute Gasteiger partial charge is 0.316 e. The van der Waals surface area contributed by atoms with Crippen LogP contribution in [0.5, 0.6) is 0 Å². The summed E-state index contributed by atoms with van der Waals surface area (Å²) in [6.45, 7) is 17.1. The Kier molecular flexibility index (Phi) is 22.3. The Morgan fingerprint density at radius 1 is 0.658 bits per heavy atom. The van der Waals surface area contributed by atoms with Crippen molar-refractivity contribution in [2.75, 3.05) is 33.0 Å². The molecule has 5 heteroatoms. The lowest BCUT2D eigenvalue weighted by atomic mass is 9.74. The maximum absolute atomic E-state index is 13.4. The van der Waals surface area contributed by atoms with E-state index in [9.17, 15) is 9.59 Å². The molecule has 0 aliphatic carbocycles. The molecule has 1 atom stereocenters. The van der Waals surface area contributed by atoms with Crippen LogP contribution in [0.1, 0.15) is 151 Å². The minimum Gasteiger partial charge on any atom is -0.465 e. The van der Waals surface area contributed by atoms with Crippen molar-refractivity contribution in [2.24, 2.45) is 16.7 Å². The van der Waals surface area contributed by atoms with Gasteiger partial charge in [0.2, 0.25) is 0 Å². The van der Waals surface area contributed by atoms with E-state index in [1.54, 1.807) is 0 Å². The van der Waals surface area contributed by atoms with Gasteiger partial charge in [0.05, 0.1) is 19.8 Å². The van der Waals surface area contributed by atoms with Crippen LogP contribution in [-0.2, 0) is 23.8 Å². The predicted molar refractivity (Wildman–Crippen MR) is 160 cm³/mol. The number of hydrogen-bond acceptors (Lipinski definition) is 5. The molecule has 0 radical (unpaired) electrons. The van der Waals surface area contributed by atoms with Gasteiger partial charge >= 0.3 is 5.97 Å². The van der Waals surface area contributed by atoms with Gasteiger partial charge in [0.25, 0.3) is 0 Å². The van der Waals surface area contributed by atoms with E-state index in [4.69, 9.17) is 14.2 Å². The van der Waals surface area contributed by atoms with Gasteiger partial charge in [-0.3, -0.25) is 9.59 Å². The largest absolute Gasteiger partial charge is 0.465 e. The zero-order chi connectivity index (χ0) is 28.7. The number of ketones is 1. The van der Waals surface area contributed by atoms with Gasteiger partial charge in [-0.15, -0.1) is 0 Å². The van der Waals surface area contributed by atoms with Crippen LogP contribution in [0.4, 0.5) is 0 Å². The Hall–Kier alpha value is -0.940. The van der Waals surface area contributed by atoms with Crippen LogP contribution in [0.2, 0.25) is 0 Å². The first kappa shape index (κ1) is 37.1. The van der Waals surface area contributed by atoms with Gasteiger partial charge in [0.15, 0.2) is 0 Å². The topological polar surface area (TPSA) is 61.8 Å². The van der Waals surface area contributed by atoms with Crippen molar-refractivity contribution in [3.05, 3.63) is 0 Å². The number of Topliss-reactive ketones (excluding diaryl/α,β-unsaturated/α-hetero) is 1. The zero-order valence-electron chi connectivity index (χ0n) is 26.5. The standard InChI is InChI=1S/C33H64O5/c1-8-12-16-18-22-32(6,23-19-17-13-9-2)30(34)21-20-29(5)26-38-31(35)33(7,27-36-24-14-10-3)28-37-25-15-11-4/h29H,8-28H2,1-7H3. The Morgan fingerprint density at radius 3 is 1.58 bits per heavy atom. The lowest BCUT2D eigenvalue weighted by Crippen LogP contribution is -2.40. The van der Waals surface area contributed by atoms with Gasteiger partial charge in [-0.2, -0.15) is 0 Å². The number of carbonyl (C=O) groups excluding carboxylic acids is 2. The van der Waals surface area contributed by atoms with Crippen molar-refractivity contribution >= 4 is 11.8 Å². The Labute approximate surface area is 236 Å². The average Bonchev–Trinajstić information content (AvgIpc) is 2.91. The molecule has 38 heavy (non-hydrogen) atoms. The minimum absolute atomic E-state index is 0.138. The fourth-order valence-electron chi connectivity index (χ4n) is 4.69. The number of unbranched alkanes of at least 4 members (excludes halogenated alkanes) is 8. The van der Waals surface area contributed by atoms with Gasteiger partial charge in [-0.25, -0.2) is 0 Å². The Balaban J connectivity index is 4.86. The van der Waals surface area contributed by atoms with Crippen LogP contribution in [0.15, 0.2) is 0 Å². The second-order valence-electron chi connectivity index (χ2n) is 12.2. The van der Waals surface area contributed by atoms with Gasteiger partial charge in [0.1, 0.15) is 11.2 Å². The van der Waals surface area contributed by atoms with E-state index in [1.165, 1.54) is 38.5 Å². The van der Waals surface area contributed by atoms with Crippen molar-refractivity contribution in [3.63, 3.8) is 0 Å². The lowest BCUT2D eigenvalue weighted by Gasteiger charge is -2.29. The van der Waals surface area contributed by atoms with Crippen molar-refractivity contribution in [1.29, 1.82) is 0 Å². The summed E-state index contributed by atoms with van der Waals surface area (Å²) in [6, 6.07) is 0. The van der Waals surface area contributed by atoms with Crippen LogP contribution >= 0.6 is 0 Å². The molecular weight excluding hydrogens is 476 g/mol. The third kappa shape index (κ3) is 16.9. The molecule has 0 spiro atoms. The quantitative estimate of drug-likeness (QED) is 0.0768. The normalized spacial score (nSPS) is 13.0. The van der Waals surface area contributed by atoms with Crippen LogP contribution < -0.4 is 0 Å². The van der Waals surface area contributed by atoms with E-state index < -0.39 is 5.41 Å². The first-order valence-electron chi connectivity index (χ1n) is 16.0. The number of hydrogen-bond donors (Lipinski definition) is 0. The summed E-state index contributed by atoms with van der Waals surface area (Å²) in [5.74, 6) is 0.265. The molecule has 0 aromatic heterocycles. The summed E-state index contributed by atoms with van der Waals surface area (Å²) in [7, 11) is 0. The molecule has 0 aromatic rings. The SMILES string of the molecule is CCCCCCC(C)(CCCCCC)C(=O)CCC(C)COC(=O)C(C)(COCCCC)COCCCC. The molecule has 0 fully saturated rings. The second kappa shape index (κ2) is 22.8. The van der Waals surface area contributed by atoms with Crippen molar-refractivity contribution in [2.45, 2.75) is 151 Å². The molecule has 0 heterocycles. The molecule has 0 rings (SSSR count). The van der Waals surface area contributed by atoms with E-state index in [1.807, 2.05) is 6.92 Å². The molecule has 0 bridgehead atoms. The molecule has 0 aliphatic rings. The fraction of sp³-hybridized carbons (Fsp3) is 0.939. The van der Waals surface area contributed by atoms with Crippen molar-refractivity contribution in [1.82, 2.24) is 0 Å². The first-order chi connectivity index (χ1) is 18.2. The van der Waals surface area contributed by atoms with E-state index in [0.717, 1.165) is 57.8 Å². The monoisotopic (exact) mass is 540 g/mol. The highest BCUT2D eigenvalue weighted by molar-refractivity contribution is 5.84. The number of carbonyl (C=O) groups is 2. The predicted octanol–water partition coefficient (Wildman–Crippen LogP) is 9.10. The van der Waals surface area contributed by atoms with E-state index in [2.05, 4.69) is 41.5 Å². The molecule has 1 unspecified atom stereocenters. The second-order valence-corrected chi connectivity index (χ2v) is 12.2. The van der Waals surface area contributed by atoms with Crippen molar-refractivity contribution < 1.29 is 23.8 Å². The molecule has 0 saturated heterocycles. The van der Waals surface area contributed by atoms with Crippen LogP contribution in [0, 0.1) is 16.7 Å². The maximum atomic E-state index is 13.4. The van der Waals surface area contributed by atoms with Crippen LogP contribution in [0.25, 0.3) is 0 Å². The van der Waals surface area contributed by atoms with E-state index in [-0.39, 0.29) is 17.3 Å². The summed E-state index contributed by atoms with van der Waals surface area (Å²) < 4.78 is 17.4. The zero-order valence-corrected chi connectivity index (χ0v) is 26.5. The van der Waals surface area contributed by atoms with E-state index in [0.29, 0.717) is 45.2 Å². The lowest BCUT2D eigenvalue weighted by molar-refractivity contribution is -0.165. The molecule has 0 aromatic carbocycles. The van der Waals surface area contributed by atoms with Gasteiger partial charge in [0, 0.05) is 25.0 Å². The molecule has 0 aliphatic heterocycles. The van der Waals surface area contributed by atoms with Gasteiger partial charge in [-0.1, -0.05) is 106 Å². The first-order valence-corrected chi connectivity index (χ1v) is 16.0. The third-order valence-corrected chi connectivity index (χ3v) is 7.82. The molecule has 0 amide bonds. The summed E-state index contributed by atoms with van der Waals surface area (Å²) in [6.07, 6.45) is 17.0. The van der Waals surface area contributed by atoms with Crippen LogP contribution in [-0.4, -0.2) is 44.8 Å². The third-order valence-electron chi connectivity index (χ3n) is 7.82. The highest BCUT2D eigenvalue weighted by Crippen LogP contribution is 2.34. The summed E-state index contributed by atoms with van der Waals surface area (Å²) in [4.78, 5) is 26.5. The summed E-state index contributed by atoms with van der Waals surface area (Å²) in [5.41, 5.74) is -1.03. The average molecular weight is 541 g/mol. The number of rotatable bonds is 27. The number of esters is 1. The molecule has 226 valence electrons. The van der Waals surface area contributed by atoms with Crippen molar-refractivity contribution in [3.8, 4) is 0 Å². The Bertz CT molecular complexity index is 514. The summed E-state index contributed by atoms with van der Waals surface area (Å²) in [5, 5.41) is 0.